The lowest BCUT2D eigenvalue weighted by Crippen LogP contribution is -2.55. The molecule has 2 aliphatic rings. The molecule has 0 aromatic rings. The first kappa shape index (κ1) is 20.6. The number of hydrogen-bond donors (Lipinski definition) is 0. The Hall–Kier alpha value is 0.277. The van der Waals surface area contributed by atoms with Crippen molar-refractivity contribution in [2.45, 2.75) is 76.8 Å². The molecular formula is C18H33BrO4Si. The molecule has 4 nitrogen and oxygen atoms in total. The number of halogens is 1. The van der Waals surface area contributed by atoms with Crippen molar-refractivity contribution in [3.63, 3.8) is 0 Å². The monoisotopic (exact) mass is 420 g/mol. The van der Waals surface area contributed by atoms with Crippen LogP contribution in [0, 0.1) is 11.8 Å². The summed E-state index contributed by atoms with van der Waals surface area (Å²) < 4.78 is 24.2. The minimum atomic E-state index is -1.94. The molecule has 2 fully saturated rings. The smallest absolute Gasteiger partial charge is 0.192 e. The van der Waals surface area contributed by atoms with E-state index in [0.717, 1.165) is 13.0 Å². The molecular weight excluding hydrogens is 388 g/mol. The van der Waals surface area contributed by atoms with Gasteiger partial charge in [0.1, 0.15) is 0 Å². The third-order valence-corrected chi connectivity index (χ3v) is 11.1. The molecule has 0 radical (unpaired) electrons. The van der Waals surface area contributed by atoms with Gasteiger partial charge >= 0.3 is 0 Å². The summed E-state index contributed by atoms with van der Waals surface area (Å²) in [4.78, 5) is 1.86. The van der Waals surface area contributed by atoms with Crippen molar-refractivity contribution in [2.75, 3.05) is 13.7 Å². The second kappa shape index (κ2) is 7.88. The summed E-state index contributed by atoms with van der Waals surface area (Å²) in [7, 11) is -0.232. The second-order valence-corrected chi connectivity index (χ2v) is 13.4. The van der Waals surface area contributed by atoms with Crippen molar-refractivity contribution in [3.8, 4) is 0 Å². The topological polar surface area (TPSA) is 40.2 Å². The van der Waals surface area contributed by atoms with Gasteiger partial charge in [0.2, 0.25) is 0 Å². The highest BCUT2D eigenvalue weighted by molar-refractivity contribution is 9.11. The zero-order valence-electron chi connectivity index (χ0n) is 16.0. The number of methoxy groups -OCH3 is 1. The molecule has 0 spiro atoms. The van der Waals surface area contributed by atoms with Gasteiger partial charge < -0.3 is 18.6 Å². The molecule has 0 aromatic heterocycles. The van der Waals surface area contributed by atoms with E-state index in [2.05, 4.69) is 56.7 Å². The van der Waals surface area contributed by atoms with Crippen LogP contribution in [0.1, 0.15) is 34.1 Å². The molecule has 5 atom stereocenters. The Morgan fingerprint density at radius 2 is 1.92 bits per heavy atom. The van der Waals surface area contributed by atoms with E-state index in [1.54, 1.807) is 7.11 Å². The summed E-state index contributed by atoms with van der Waals surface area (Å²) in [5, 5.41) is 0.184. The van der Waals surface area contributed by atoms with Crippen LogP contribution in [-0.2, 0) is 18.6 Å². The van der Waals surface area contributed by atoms with Crippen LogP contribution in [-0.4, -0.2) is 46.6 Å². The van der Waals surface area contributed by atoms with Crippen LogP contribution in [0.3, 0.4) is 0 Å². The maximum atomic E-state index is 6.88. The predicted molar refractivity (Wildman–Crippen MR) is 103 cm³/mol. The maximum absolute atomic E-state index is 6.88. The van der Waals surface area contributed by atoms with Crippen molar-refractivity contribution in [1.29, 1.82) is 0 Å². The van der Waals surface area contributed by atoms with Gasteiger partial charge in [0.05, 0.1) is 30.8 Å². The fraction of sp³-hybridized carbons (Fsp3) is 0.889. The van der Waals surface area contributed by atoms with Crippen LogP contribution in [0.15, 0.2) is 11.1 Å². The third-order valence-electron chi connectivity index (χ3n) is 6.27. The quantitative estimate of drug-likeness (QED) is 0.441. The average molecular weight is 421 g/mol. The van der Waals surface area contributed by atoms with Gasteiger partial charge in [-0.15, -0.1) is 0 Å². The van der Waals surface area contributed by atoms with Crippen molar-refractivity contribution in [2.24, 2.45) is 11.8 Å². The first-order valence-corrected chi connectivity index (χ1v) is 12.7. The van der Waals surface area contributed by atoms with E-state index in [1.165, 1.54) is 0 Å². The van der Waals surface area contributed by atoms with Crippen LogP contribution >= 0.6 is 15.9 Å². The van der Waals surface area contributed by atoms with Crippen molar-refractivity contribution < 1.29 is 18.6 Å². The maximum Gasteiger partial charge on any atom is 0.192 e. The summed E-state index contributed by atoms with van der Waals surface area (Å²) in [5.41, 5.74) is 0. The number of ether oxygens (including phenoxy) is 3. The Morgan fingerprint density at radius 3 is 2.38 bits per heavy atom. The average Bonchev–Trinajstić information content (AvgIpc) is 3.30. The largest absolute Gasteiger partial charge is 0.413 e. The fourth-order valence-electron chi connectivity index (χ4n) is 3.34. The molecule has 0 amide bonds. The van der Waals surface area contributed by atoms with Gasteiger partial charge in [-0.2, -0.15) is 0 Å². The lowest BCUT2D eigenvalue weighted by molar-refractivity contribution is -0.227. The molecule has 24 heavy (non-hydrogen) atoms. The molecule has 0 unspecified atom stereocenters. The summed E-state index contributed by atoms with van der Waals surface area (Å²) in [6.45, 7) is 14.7. The molecule has 2 aliphatic heterocycles. The van der Waals surface area contributed by atoms with Gasteiger partial charge in [-0.1, -0.05) is 43.6 Å². The summed E-state index contributed by atoms with van der Waals surface area (Å²) in [5.74, 6) is 0.718. The van der Waals surface area contributed by atoms with E-state index in [9.17, 15) is 0 Å². The fourth-order valence-corrected chi connectivity index (χ4v) is 6.39. The molecule has 6 heteroatoms. The van der Waals surface area contributed by atoms with Crippen LogP contribution in [0.5, 0.6) is 0 Å². The van der Waals surface area contributed by atoms with E-state index >= 15 is 0 Å². The summed E-state index contributed by atoms with van der Waals surface area (Å²) in [6, 6.07) is 0. The minimum Gasteiger partial charge on any atom is -0.413 e. The van der Waals surface area contributed by atoms with Gasteiger partial charge in [0.25, 0.3) is 0 Å². The highest BCUT2D eigenvalue weighted by Crippen LogP contribution is 2.47. The molecule has 2 heterocycles. The lowest BCUT2D eigenvalue weighted by atomic mass is 9.91. The van der Waals surface area contributed by atoms with E-state index in [0.29, 0.717) is 5.92 Å². The number of rotatable bonds is 7. The first-order chi connectivity index (χ1) is 11.1. The summed E-state index contributed by atoms with van der Waals surface area (Å²) >= 11 is 3.36. The SMILES string of the molecule is CO[C@H]1O[C@H](/C=C/Br)C[C@@H](O[Si](C)(C)C(C)(C)C(C)C)[C@@H]1[C@H]1CO1. The molecule has 140 valence electrons. The molecule has 0 saturated carbocycles. The van der Waals surface area contributed by atoms with Crippen LogP contribution < -0.4 is 0 Å². The van der Waals surface area contributed by atoms with Crippen molar-refractivity contribution in [1.82, 2.24) is 0 Å². The predicted octanol–water partition coefficient (Wildman–Crippen LogP) is 4.70. The Kier molecular flexibility index (Phi) is 6.76. The minimum absolute atomic E-state index is 0.00119. The van der Waals surface area contributed by atoms with Crippen LogP contribution in [0.4, 0.5) is 0 Å². The highest BCUT2D eigenvalue weighted by atomic mass is 79.9. The first-order valence-electron chi connectivity index (χ1n) is 8.88. The Morgan fingerprint density at radius 1 is 1.29 bits per heavy atom. The summed E-state index contributed by atoms with van der Waals surface area (Å²) in [6.07, 6.45) is 2.88. The van der Waals surface area contributed by atoms with E-state index in [1.807, 2.05) is 11.1 Å². The Labute approximate surface area is 156 Å². The zero-order chi connectivity index (χ0) is 18.1. The van der Waals surface area contributed by atoms with Gasteiger partial charge in [0.15, 0.2) is 14.6 Å². The zero-order valence-corrected chi connectivity index (χ0v) is 18.6. The molecule has 0 N–H and O–H groups in total. The lowest BCUT2D eigenvalue weighted by Gasteiger charge is -2.48. The number of hydrogen-bond acceptors (Lipinski definition) is 4. The molecule has 2 saturated heterocycles. The number of epoxide rings is 1. The van der Waals surface area contributed by atoms with Gasteiger partial charge in [-0.3, -0.25) is 0 Å². The van der Waals surface area contributed by atoms with Gasteiger partial charge in [-0.05, 0) is 35.1 Å². The molecule has 0 aliphatic carbocycles. The highest BCUT2D eigenvalue weighted by Gasteiger charge is 2.52. The van der Waals surface area contributed by atoms with Crippen molar-refractivity contribution in [3.05, 3.63) is 11.1 Å². The third kappa shape index (κ3) is 4.33. The standard InChI is InChI=1S/C18H33BrO4Si/c1-12(2)18(3,4)24(6,7)23-14-10-13(8-9-19)22-17(20-5)16(14)15-11-21-15/h8-9,12-17H,10-11H2,1-7H3/b9-8+/t13-,14-,15-,16-,17+/m1/s1. The van der Waals surface area contributed by atoms with Gasteiger partial charge in [0, 0.05) is 13.5 Å². The normalized spacial score (nSPS) is 35.0. The van der Waals surface area contributed by atoms with E-state index in [-0.39, 0.29) is 35.6 Å². The second-order valence-electron chi connectivity index (χ2n) is 8.32. The molecule has 0 bridgehead atoms. The van der Waals surface area contributed by atoms with E-state index in [4.69, 9.17) is 18.6 Å². The Balaban J connectivity index is 2.22. The molecule has 0 aromatic carbocycles. The van der Waals surface area contributed by atoms with Crippen molar-refractivity contribution >= 4 is 24.2 Å². The van der Waals surface area contributed by atoms with Crippen LogP contribution in [0.25, 0.3) is 0 Å². The Bertz CT molecular complexity index is 448. The van der Waals surface area contributed by atoms with Gasteiger partial charge in [-0.25, -0.2) is 0 Å². The van der Waals surface area contributed by atoms with Crippen LogP contribution in [0.2, 0.25) is 18.1 Å². The van der Waals surface area contributed by atoms with E-state index < -0.39 is 8.32 Å². The molecule has 2 rings (SSSR count).